The third kappa shape index (κ3) is 3.13. The number of nitrogens with zero attached hydrogens (tertiary/aromatic N) is 2. The van der Waals surface area contributed by atoms with Crippen LogP contribution >= 0.6 is 15.9 Å². The topological polar surface area (TPSA) is 31.9 Å². The summed E-state index contributed by atoms with van der Waals surface area (Å²) >= 11 is 3.47. The molecular formula is C14H18BrN3. The lowest BCUT2D eigenvalue weighted by atomic mass is 10.1. The van der Waals surface area contributed by atoms with E-state index < -0.39 is 0 Å². The molecule has 0 unspecified atom stereocenters. The summed E-state index contributed by atoms with van der Waals surface area (Å²) in [6.07, 6.45) is 2.00. The molecule has 2 aromatic rings. The minimum atomic E-state index is 0.935. The highest BCUT2D eigenvalue weighted by atomic mass is 79.9. The Balaban J connectivity index is 2.00. The summed E-state index contributed by atoms with van der Waals surface area (Å²) in [5.41, 5.74) is 3.75. The van der Waals surface area contributed by atoms with Crippen molar-refractivity contribution in [3.05, 3.63) is 46.0 Å². The number of aromatic nitrogens is 2. The van der Waals surface area contributed by atoms with Gasteiger partial charge in [0.25, 0.3) is 0 Å². The average molecular weight is 308 g/mol. The molecule has 0 aliphatic rings. The van der Waals surface area contributed by atoms with Gasteiger partial charge in [-0.3, -0.25) is 0 Å². The van der Waals surface area contributed by atoms with Crippen LogP contribution in [-0.2, 0) is 12.8 Å². The Labute approximate surface area is 116 Å². The second-order valence-corrected chi connectivity index (χ2v) is 5.40. The van der Waals surface area contributed by atoms with Gasteiger partial charge in [0.05, 0.1) is 0 Å². The molecule has 0 spiro atoms. The third-order valence-corrected chi connectivity index (χ3v) is 3.62. The van der Waals surface area contributed by atoms with Crippen LogP contribution in [0.1, 0.15) is 17.1 Å². The standard InChI is InChI=1S/C14H18BrN3/c1-10-16-13(14(15)17-10)9-6-11-4-7-12(8-5-11)18(2)3/h4-5,7-8H,6,9H2,1-3H3,(H,16,17). The van der Waals surface area contributed by atoms with Gasteiger partial charge < -0.3 is 9.88 Å². The fourth-order valence-electron chi connectivity index (χ4n) is 1.91. The van der Waals surface area contributed by atoms with Crippen molar-refractivity contribution in [3.63, 3.8) is 0 Å². The SMILES string of the molecule is Cc1nc(Br)c(CCc2ccc(N(C)C)cc2)[nH]1. The molecule has 1 N–H and O–H groups in total. The Hall–Kier alpha value is -1.29. The Morgan fingerprint density at radius 3 is 2.33 bits per heavy atom. The van der Waals surface area contributed by atoms with Crippen LogP contribution in [0.5, 0.6) is 0 Å². The summed E-state index contributed by atoms with van der Waals surface area (Å²) in [4.78, 5) is 9.70. The van der Waals surface area contributed by atoms with E-state index in [0.717, 1.165) is 23.3 Å². The first-order valence-corrected chi connectivity index (χ1v) is 6.83. The lowest BCUT2D eigenvalue weighted by Gasteiger charge is -2.12. The summed E-state index contributed by atoms with van der Waals surface area (Å²) in [6.45, 7) is 1.97. The lowest BCUT2D eigenvalue weighted by Crippen LogP contribution is -2.08. The molecule has 0 atom stereocenters. The van der Waals surface area contributed by atoms with E-state index >= 15 is 0 Å². The van der Waals surface area contributed by atoms with Gasteiger partial charge in [0.2, 0.25) is 0 Å². The van der Waals surface area contributed by atoms with Crippen LogP contribution in [0, 0.1) is 6.92 Å². The number of benzene rings is 1. The fraction of sp³-hybridized carbons (Fsp3) is 0.357. The number of H-pyrrole nitrogens is 1. The largest absolute Gasteiger partial charge is 0.378 e. The van der Waals surface area contributed by atoms with E-state index in [1.165, 1.54) is 16.9 Å². The number of aryl methyl sites for hydroxylation is 3. The van der Waals surface area contributed by atoms with Gasteiger partial charge in [0, 0.05) is 25.5 Å². The zero-order valence-electron chi connectivity index (χ0n) is 11.0. The van der Waals surface area contributed by atoms with E-state index in [-0.39, 0.29) is 0 Å². The van der Waals surface area contributed by atoms with E-state index in [9.17, 15) is 0 Å². The average Bonchev–Trinajstić information content (AvgIpc) is 2.66. The number of nitrogens with one attached hydrogen (secondary N) is 1. The number of hydrogen-bond acceptors (Lipinski definition) is 2. The van der Waals surface area contributed by atoms with Crippen LogP contribution in [0.4, 0.5) is 5.69 Å². The molecule has 0 saturated carbocycles. The summed E-state index contributed by atoms with van der Waals surface area (Å²) in [5.74, 6) is 0.958. The second kappa shape index (κ2) is 5.57. The first-order chi connectivity index (χ1) is 8.56. The Bertz CT molecular complexity index is 514. The predicted molar refractivity (Wildman–Crippen MR) is 79.2 cm³/mol. The molecular weight excluding hydrogens is 290 g/mol. The van der Waals surface area contributed by atoms with E-state index in [2.05, 4.69) is 69.2 Å². The molecule has 18 heavy (non-hydrogen) atoms. The first-order valence-electron chi connectivity index (χ1n) is 6.03. The van der Waals surface area contributed by atoms with Gasteiger partial charge in [-0.05, 0) is 53.4 Å². The van der Waals surface area contributed by atoms with Crippen LogP contribution in [0.3, 0.4) is 0 Å². The van der Waals surface area contributed by atoms with Gasteiger partial charge in [-0.2, -0.15) is 0 Å². The van der Waals surface area contributed by atoms with Crippen molar-refractivity contribution in [2.75, 3.05) is 19.0 Å². The van der Waals surface area contributed by atoms with Crippen molar-refractivity contribution in [3.8, 4) is 0 Å². The van der Waals surface area contributed by atoms with Gasteiger partial charge >= 0.3 is 0 Å². The lowest BCUT2D eigenvalue weighted by molar-refractivity contribution is 0.914. The maximum Gasteiger partial charge on any atom is 0.127 e. The number of imidazole rings is 1. The van der Waals surface area contributed by atoms with Crippen molar-refractivity contribution in [2.24, 2.45) is 0 Å². The molecule has 2 rings (SSSR count). The van der Waals surface area contributed by atoms with Crippen molar-refractivity contribution in [2.45, 2.75) is 19.8 Å². The van der Waals surface area contributed by atoms with Gasteiger partial charge in [-0.15, -0.1) is 0 Å². The van der Waals surface area contributed by atoms with Crippen molar-refractivity contribution in [1.82, 2.24) is 9.97 Å². The van der Waals surface area contributed by atoms with Crippen LogP contribution in [0.15, 0.2) is 28.9 Å². The number of halogens is 1. The van der Waals surface area contributed by atoms with Gasteiger partial charge in [0.1, 0.15) is 10.4 Å². The number of hydrogen-bond donors (Lipinski definition) is 1. The molecule has 0 amide bonds. The van der Waals surface area contributed by atoms with E-state index in [1.54, 1.807) is 0 Å². The Morgan fingerprint density at radius 2 is 1.83 bits per heavy atom. The molecule has 4 heteroatoms. The quantitative estimate of drug-likeness (QED) is 0.939. The third-order valence-electron chi connectivity index (χ3n) is 2.96. The normalized spacial score (nSPS) is 10.7. The molecule has 1 aromatic heterocycles. The summed E-state index contributed by atoms with van der Waals surface area (Å²) in [5, 5.41) is 0. The highest BCUT2D eigenvalue weighted by Gasteiger charge is 2.05. The number of anilines is 1. The smallest absolute Gasteiger partial charge is 0.127 e. The van der Waals surface area contributed by atoms with Crippen molar-refractivity contribution < 1.29 is 0 Å². The van der Waals surface area contributed by atoms with E-state index in [4.69, 9.17) is 0 Å². The second-order valence-electron chi connectivity index (χ2n) is 4.65. The Kier molecular flexibility index (Phi) is 4.07. The molecule has 0 bridgehead atoms. The first kappa shape index (κ1) is 13.1. The van der Waals surface area contributed by atoms with Crippen LogP contribution < -0.4 is 4.90 Å². The fourth-order valence-corrected chi connectivity index (χ4v) is 2.47. The highest BCUT2D eigenvalue weighted by Crippen LogP contribution is 2.17. The molecule has 1 heterocycles. The van der Waals surface area contributed by atoms with Crippen LogP contribution in [0.25, 0.3) is 0 Å². The van der Waals surface area contributed by atoms with Crippen molar-refractivity contribution in [1.29, 1.82) is 0 Å². The number of aromatic amines is 1. The van der Waals surface area contributed by atoms with Gasteiger partial charge in [-0.25, -0.2) is 4.98 Å². The summed E-state index contributed by atoms with van der Waals surface area (Å²) in [7, 11) is 4.11. The van der Waals surface area contributed by atoms with E-state index in [1.807, 2.05) is 6.92 Å². The van der Waals surface area contributed by atoms with Crippen molar-refractivity contribution >= 4 is 21.6 Å². The number of rotatable bonds is 4. The van der Waals surface area contributed by atoms with E-state index in [0.29, 0.717) is 0 Å². The molecule has 3 nitrogen and oxygen atoms in total. The minimum Gasteiger partial charge on any atom is -0.378 e. The van der Waals surface area contributed by atoms with Gasteiger partial charge in [-0.1, -0.05) is 12.1 Å². The molecule has 96 valence electrons. The zero-order valence-corrected chi connectivity index (χ0v) is 12.6. The Morgan fingerprint density at radius 1 is 1.17 bits per heavy atom. The van der Waals surface area contributed by atoms with Crippen LogP contribution in [0.2, 0.25) is 0 Å². The summed E-state index contributed by atoms with van der Waals surface area (Å²) < 4.78 is 0.935. The maximum atomic E-state index is 4.32. The molecule has 0 aliphatic carbocycles. The predicted octanol–water partition coefficient (Wildman–Crippen LogP) is 3.33. The minimum absolute atomic E-state index is 0.935. The highest BCUT2D eigenvalue weighted by molar-refractivity contribution is 9.10. The molecule has 0 saturated heterocycles. The monoisotopic (exact) mass is 307 g/mol. The van der Waals surface area contributed by atoms with Gasteiger partial charge in [0.15, 0.2) is 0 Å². The zero-order chi connectivity index (χ0) is 13.1. The van der Waals surface area contributed by atoms with Crippen LogP contribution in [-0.4, -0.2) is 24.1 Å². The molecule has 1 aromatic carbocycles. The molecule has 0 radical (unpaired) electrons. The molecule has 0 fully saturated rings. The maximum absolute atomic E-state index is 4.32. The summed E-state index contributed by atoms with van der Waals surface area (Å²) in [6, 6.07) is 8.68. The molecule has 0 aliphatic heterocycles.